The van der Waals surface area contributed by atoms with Gasteiger partial charge < -0.3 is 9.47 Å². The van der Waals surface area contributed by atoms with Crippen LogP contribution in [-0.4, -0.2) is 87.2 Å². The number of sulfonamides is 1. The minimum atomic E-state index is -3.50. The third kappa shape index (κ3) is 3.81. The van der Waals surface area contributed by atoms with Crippen molar-refractivity contribution in [2.45, 2.75) is 24.9 Å². The second kappa shape index (κ2) is 8.60. The molecule has 3 aromatic heterocycles. The molecule has 11 nitrogen and oxygen atoms in total. The van der Waals surface area contributed by atoms with Crippen LogP contribution in [0.4, 0.5) is 5.82 Å². The Morgan fingerprint density at radius 2 is 1.85 bits per heavy atom. The highest BCUT2D eigenvalue weighted by molar-refractivity contribution is 7.89. The van der Waals surface area contributed by atoms with E-state index in [1.807, 2.05) is 19.3 Å². The monoisotopic (exact) mass is 483 g/mol. The molecule has 0 N–H and O–H groups in total. The van der Waals surface area contributed by atoms with E-state index >= 15 is 0 Å². The fraction of sp³-hybridized carbons (Fsp3) is 0.455. The van der Waals surface area contributed by atoms with Crippen LogP contribution in [0.1, 0.15) is 12.7 Å². The van der Waals surface area contributed by atoms with Crippen LogP contribution in [0, 0.1) is 0 Å². The Bertz CT molecular complexity index is 1450. The lowest BCUT2D eigenvalue weighted by molar-refractivity contribution is 0.241. The summed E-state index contributed by atoms with van der Waals surface area (Å²) in [4.78, 5) is 18.6. The molecule has 1 saturated heterocycles. The van der Waals surface area contributed by atoms with Gasteiger partial charge in [0.15, 0.2) is 5.65 Å². The van der Waals surface area contributed by atoms with Crippen molar-refractivity contribution in [1.82, 2.24) is 38.5 Å². The molecule has 12 heteroatoms. The second-order valence-electron chi connectivity index (χ2n) is 8.68. The summed E-state index contributed by atoms with van der Waals surface area (Å²) in [6.07, 6.45) is 3.42. The molecule has 0 radical (unpaired) electrons. The second-order valence-corrected chi connectivity index (χ2v) is 10.8. The predicted octanol–water partition coefficient (Wildman–Crippen LogP) is 1.31. The number of aromatic nitrogens is 6. The van der Waals surface area contributed by atoms with E-state index in [1.165, 1.54) is 18.4 Å². The Kier molecular flexibility index (Phi) is 5.74. The number of fused-ring (bicyclic) bond motifs is 2. The first kappa shape index (κ1) is 22.7. The summed E-state index contributed by atoms with van der Waals surface area (Å²) in [5, 5.41) is 5.29. The quantitative estimate of drug-likeness (QED) is 0.404. The lowest BCUT2D eigenvalue weighted by atomic mass is 10.2. The van der Waals surface area contributed by atoms with E-state index < -0.39 is 10.0 Å². The molecule has 1 aliphatic rings. The molecule has 0 atom stereocenters. The van der Waals surface area contributed by atoms with Crippen LogP contribution in [0.3, 0.4) is 0 Å². The van der Waals surface area contributed by atoms with Gasteiger partial charge in [-0.05, 0) is 25.1 Å². The highest BCUT2D eigenvalue weighted by Gasteiger charge is 2.24. The minimum Gasteiger partial charge on any atom is -0.353 e. The zero-order valence-electron chi connectivity index (χ0n) is 19.9. The number of imidazole rings is 1. The molecule has 0 saturated carbocycles. The summed E-state index contributed by atoms with van der Waals surface area (Å²) in [5.74, 6) is 1.87. The summed E-state index contributed by atoms with van der Waals surface area (Å²) >= 11 is 0. The van der Waals surface area contributed by atoms with E-state index in [-0.39, 0.29) is 4.90 Å². The maximum absolute atomic E-state index is 12.5. The summed E-state index contributed by atoms with van der Waals surface area (Å²) in [6.45, 7) is 7.00. The Morgan fingerprint density at radius 1 is 1.09 bits per heavy atom. The number of anilines is 1. The van der Waals surface area contributed by atoms with Gasteiger partial charge in [-0.3, -0.25) is 9.58 Å². The molecule has 0 amide bonds. The van der Waals surface area contributed by atoms with Crippen LogP contribution in [0.2, 0.25) is 0 Å². The van der Waals surface area contributed by atoms with E-state index in [0.717, 1.165) is 60.9 Å². The van der Waals surface area contributed by atoms with Gasteiger partial charge in [-0.1, -0.05) is 0 Å². The number of hydrogen-bond donors (Lipinski definition) is 0. The maximum Gasteiger partial charge on any atom is 0.242 e. The summed E-state index contributed by atoms with van der Waals surface area (Å²) in [6, 6.07) is 5.19. The third-order valence-electron chi connectivity index (χ3n) is 6.44. The number of benzene rings is 1. The van der Waals surface area contributed by atoms with Gasteiger partial charge in [-0.15, -0.1) is 0 Å². The number of nitrogens with zero attached hydrogens (tertiary/aromatic N) is 9. The summed E-state index contributed by atoms with van der Waals surface area (Å²) < 4.78 is 30.3. The lowest BCUT2D eigenvalue weighted by Gasteiger charge is -2.35. The SMILES string of the molecule is CCn1c(CN2CCN(c3ncnc4c3cnn4C)CC2)nc2cc(S(=O)(=O)N(C)C)ccc21. The van der Waals surface area contributed by atoms with Crippen molar-refractivity contribution in [2.75, 3.05) is 45.2 Å². The van der Waals surface area contributed by atoms with Crippen molar-refractivity contribution < 1.29 is 8.42 Å². The van der Waals surface area contributed by atoms with Crippen LogP contribution in [0.15, 0.2) is 35.6 Å². The number of hydrogen-bond acceptors (Lipinski definition) is 8. The summed E-state index contributed by atoms with van der Waals surface area (Å²) in [5.41, 5.74) is 2.49. The number of aryl methyl sites for hydroxylation is 2. The maximum atomic E-state index is 12.5. The van der Waals surface area contributed by atoms with E-state index in [1.54, 1.807) is 23.1 Å². The fourth-order valence-corrected chi connectivity index (χ4v) is 5.45. The first-order valence-electron chi connectivity index (χ1n) is 11.3. The molecule has 0 spiro atoms. The average Bonchev–Trinajstić information content (AvgIpc) is 3.38. The molecular formula is C22H29N9O2S. The molecule has 0 aliphatic carbocycles. The van der Waals surface area contributed by atoms with Crippen LogP contribution in [-0.2, 0) is 30.2 Å². The molecule has 34 heavy (non-hydrogen) atoms. The van der Waals surface area contributed by atoms with E-state index in [4.69, 9.17) is 4.98 Å². The van der Waals surface area contributed by atoms with E-state index in [9.17, 15) is 8.42 Å². The minimum absolute atomic E-state index is 0.262. The zero-order valence-corrected chi connectivity index (χ0v) is 20.7. The Balaban J connectivity index is 1.35. The predicted molar refractivity (Wildman–Crippen MR) is 130 cm³/mol. The van der Waals surface area contributed by atoms with Gasteiger partial charge in [0.1, 0.15) is 18.0 Å². The van der Waals surface area contributed by atoms with Crippen molar-refractivity contribution in [3.05, 3.63) is 36.5 Å². The van der Waals surface area contributed by atoms with Crippen molar-refractivity contribution in [3.8, 4) is 0 Å². The van der Waals surface area contributed by atoms with Gasteiger partial charge in [0.25, 0.3) is 0 Å². The highest BCUT2D eigenvalue weighted by atomic mass is 32.2. The molecule has 5 rings (SSSR count). The van der Waals surface area contributed by atoms with Gasteiger partial charge in [0.2, 0.25) is 10.0 Å². The van der Waals surface area contributed by atoms with Crippen LogP contribution < -0.4 is 4.90 Å². The Labute approximate surface area is 198 Å². The normalized spacial score (nSPS) is 15.7. The molecule has 180 valence electrons. The van der Waals surface area contributed by atoms with Gasteiger partial charge in [0, 0.05) is 53.9 Å². The molecule has 4 aromatic rings. The molecule has 1 aromatic carbocycles. The van der Waals surface area contributed by atoms with Gasteiger partial charge >= 0.3 is 0 Å². The van der Waals surface area contributed by atoms with Crippen molar-refractivity contribution >= 4 is 37.9 Å². The molecular weight excluding hydrogens is 454 g/mol. The van der Waals surface area contributed by atoms with Crippen molar-refractivity contribution in [3.63, 3.8) is 0 Å². The van der Waals surface area contributed by atoms with E-state index in [0.29, 0.717) is 12.1 Å². The van der Waals surface area contributed by atoms with Gasteiger partial charge in [0.05, 0.1) is 34.1 Å². The molecule has 1 fully saturated rings. The molecule has 1 aliphatic heterocycles. The average molecular weight is 484 g/mol. The van der Waals surface area contributed by atoms with Gasteiger partial charge in [-0.2, -0.15) is 5.10 Å². The number of piperazine rings is 1. The first-order chi connectivity index (χ1) is 16.3. The Hall–Kier alpha value is -3.09. The number of rotatable bonds is 6. The molecule has 4 heterocycles. The zero-order chi connectivity index (χ0) is 24.0. The first-order valence-corrected chi connectivity index (χ1v) is 12.7. The summed E-state index contributed by atoms with van der Waals surface area (Å²) in [7, 11) is 1.46. The third-order valence-corrected chi connectivity index (χ3v) is 8.25. The fourth-order valence-electron chi connectivity index (χ4n) is 4.52. The van der Waals surface area contributed by atoms with Crippen molar-refractivity contribution in [1.29, 1.82) is 0 Å². The van der Waals surface area contributed by atoms with Crippen molar-refractivity contribution in [2.24, 2.45) is 7.05 Å². The molecule has 0 unspecified atom stereocenters. The smallest absolute Gasteiger partial charge is 0.242 e. The van der Waals surface area contributed by atoms with Gasteiger partial charge in [-0.25, -0.2) is 27.7 Å². The van der Waals surface area contributed by atoms with Crippen LogP contribution in [0.25, 0.3) is 22.1 Å². The van der Waals surface area contributed by atoms with E-state index in [2.05, 4.69) is 36.4 Å². The lowest BCUT2D eigenvalue weighted by Crippen LogP contribution is -2.46. The van der Waals surface area contributed by atoms with Crippen LogP contribution in [0.5, 0.6) is 0 Å². The Morgan fingerprint density at radius 3 is 2.56 bits per heavy atom. The highest BCUT2D eigenvalue weighted by Crippen LogP contribution is 2.25. The standard InChI is InChI=1S/C22H29N9O2S/c1-5-31-19-7-6-16(34(32,33)27(2)3)12-18(19)26-20(31)14-29-8-10-30(11-9-29)22-17-13-25-28(4)21(17)23-15-24-22/h6-7,12-13,15H,5,8-11,14H2,1-4H3. The molecule has 0 bridgehead atoms. The topological polar surface area (TPSA) is 105 Å². The van der Waals surface area contributed by atoms with Crippen LogP contribution >= 0.6 is 0 Å². The largest absolute Gasteiger partial charge is 0.353 e.